The lowest BCUT2D eigenvalue weighted by Crippen LogP contribution is -2.37. The number of hydrogen-bond donors (Lipinski definition) is 0. The van der Waals surface area contributed by atoms with Crippen molar-refractivity contribution in [2.75, 3.05) is 13.1 Å². The molecular formula is C10H15NO2. The molecular weight excluding hydrogens is 166 g/mol. The highest BCUT2D eigenvalue weighted by Gasteiger charge is 2.33. The Morgan fingerprint density at radius 1 is 1.31 bits per heavy atom. The smallest absolute Gasteiger partial charge is 0.225 e. The molecule has 1 saturated carbocycles. The van der Waals surface area contributed by atoms with Crippen LogP contribution in [0, 0.1) is 11.8 Å². The lowest BCUT2D eigenvalue weighted by Gasteiger charge is -2.28. The molecule has 13 heavy (non-hydrogen) atoms. The fourth-order valence-electron chi connectivity index (χ4n) is 2.01. The van der Waals surface area contributed by atoms with E-state index in [9.17, 15) is 9.59 Å². The lowest BCUT2D eigenvalue weighted by molar-refractivity contribution is -0.137. The maximum Gasteiger partial charge on any atom is 0.225 e. The zero-order valence-electron chi connectivity index (χ0n) is 7.74. The van der Waals surface area contributed by atoms with Gasteiger partial charge < -0.3 is 9.69 Å². The number of likely N-dealkylation sites (tertiary alicyclic amines) is 1. The maximum absolute atomic E-state index is 11.7. The first-order valence-corrected chi connectivity index (χ1v) is 5.05. The van der Waals surface area contributed by atoms with Crippen LogP contribution >= 0.6 is 0 Å². The summed E-state index contributed by atoms with van der Waals surface area (Å²) in [6.45, 7) is 1.46. The second kappa shape index (κ2) is 3.48. The van der Waals surface area contributed by atoms with Gasteiger partial charge in [-0.3, -0.25) is 4.79 Å². The largest absolute Gasteiger partial charge is 0.342 e. The van der Waals surface area contributed by atoms with Gasteiger partial charge in [-0.15, -0.1) is 0 Å². The number of amides is 1. The summed E-state index contributed by atoms with van der Waals surface area (Å²) in [4.78, 5) is 24.1. The molecule has 72 valence electrons. The lowest BCUT2D eigenvalue weighted by atomic mass is 9.84. The molecule has 0 aromatic rings. The van der Waals surface area contributed by atoms with Gasteiger partial charge in [0.05, 0.1) is 0 Å². The van der Waals surface area contributed by atoms with Crippen molar-refractivity contribution in [1.29, 1.82) is 0 Å². The van der Waals surface area contributed by atoms with Crippen molar-refractivity contribution in [3.63, 3.8) is 0 Å². The molecule has 1 aliphatic carbocycles. The van der Waals surface area contributed by atoms with Gasteiger partial charge in [-0.1, -0.05) is 6.42 Å². The van der Waals surface area contributed by atoms with E-state index in [1.54, 1.807) is 0 Å². The van der Waals surface area contributed by atoms with Gasteiger partial charge in [0, 0.05) is 24.9 Å². The van der Waals surface area contributed by atoms with Gasteiger partial charge in [0.25, 0.3) is 0 Å². The third-order valence-electron chi connectivity index (χ3n) is 3.18. The molecule has 3 nitrogen and oxygen atoms in total. The summed E-state index contributed by atoms with van der Waals surface area (Å²) in [5, 5.41) is 0. The molecule has 2 rings (SSSR count). The van der Waals surface area contributed by atoms with Crippen LogP contribution in [-0.2, 0) is 9.59 Å². The second-order valence-electron chi connectivity index (χ2n) is 4.10. The highest BCUT2D eigenvalue weighted by atomic mass is 16.2. The van der Waals surface area contributed by atoms with Gasteiger partial charge in [0.15, 0.2) is 0 Å². The van der Waals surface area contributed by atoms with Gasteiger partial charge in [0.1, 0.15) is 6.29 Å². The fraction of sp³-hybridized carbons (Fsp3) is 0.800. The van der Waals surface area contributed by atoms with E-state index >= 15 is 0 Å². The van der Waals surface area contributed by atoms with E-state index < -0.39 is 0 Å². The third-order valence-corrected chi connectivity index (χ3v) is 3.18. The van der Waals surface area contributed by atoms with Gasteiger partial charge in [-0.25, -0.2) is 0 Å². The summed E-state index contributed by atoms with van der Waals surface area (Å²) < 4.78 is 0. The van der Waals surface area contributed by atoms with E-state index in [1.165, 1.54) is 6.42 Å². The van der Waals surface area contributed by atoms with Crippen LogP contribution in [0.3, 0.4) is 0 Å². The Balaban J connectivity index is 1.87. The first kappa shape index (κ1) is 8.73. The Morgan fingerprint density at radius 3 is 2.54 bits per heavy atom. The Labute approximate surface area is 78.1 Å². The van der Waals surface area contributed by atoms with Crippen molar-refractivity contribution in [3.05, 3.63) is 0 Å². The van der Waals surface area contributed by atoms with Crippen molar-refractivity contribution >= 4 is 12.2 Å². The van der Waals surface area contributed by atoms with E-state index in [0.717, 1.165) is 32.1 Å². The molecule has 0 aromatic carbocycles. The summed E-state index contributed by atoms with van der Waals surface area (Å²) >= 11 is 0. The molecule has 0 aromatic heterocycles. The minimum Gasteiger partial charge on any atom is -0.342 e. The average Bonchev–Trinajstić information content (AvgIpc) is 2.48. The van der Waals surface area contributed by atoms with Crippen LogP contribution in [0.2, 0.25) is 0 Å². The molecule has 0 radical (unpaired) electrons. The molecule has 1 amide bonds. The Kier molecular flexibility index (Phi) is 2.34. The van der Waals surface area contributed by atoms with Crippen molar-refractivity contribution in [2.45, 2.75) is 25.7 Å². The van der Waals surface area contributed by atoms with Gasteiger partial charge in [-0.05, 0) is 19.3 Å². The summed E-state index contributed by atoms with van der Waals surface area (Å²) in [5.74, 6) is 0.671. The molecule has 1 aliphatic heterocycles. The monoisotopic (exact) mass is 181 g/mol. The molecule has 0 N–H and O–H groups in total. The number of aldehydes is 1. The third kappa shape index (κ3) is 1.60. The van der Waals surface area contributed by atoms with Crippen LogP contribution in [0.15, 0.2) is 0 Å². The van der Waals surface area contributed by atoms with Gasteiger partial charge in [0.2, 0.25) is 5.91 Å². The minimum atomic E-state index is 0.101. The van der Waals surface area contributed by atoms with Crippen molar-refractivity contribution in [2.24, 2.45) is 11.8 Å². The number of rotatable bonds is 2. The van der Waals surface area contributed by atoms with E-state index in [-0.39, 0.29) is 17.7 Å². The molecule has 3 heteroatoms. The Bertz CT molecular complexity index is 223. The minimum absolute atomic E-state index is 0.101. The van der Waals surface area contributed by atoms with Crippen LogP contribution in [0.1, 0.15) is 25.7 Å². The van der Waals surface area contributed by atoms with Gasteiger partial charge in [-0.2, -0.15) is 0 Å². The number of carbonyl (C=O) groups is 2. The zero-order chi connectivity index (χ0) is 9.26. The van der Waals surface area contributed by atoms with Gasteiger partial charge >= 0.3 is 0 Å². The van der Waals surface area contributed by atoms with Crippen LogP contribution in [0.5, 0.6) is 0 Å². The first-order valence-electron chi connectivity index (χ1n) is 5.05. The number of hydrogen-bond acceptors (Lipinski definition) is 2. The topological polar surface area (TPSA) is 37.4 Å². The summed E-state index contributed by atoms with van der Waals surface area (Å²) in [7, 11) is 0. The molecule has 0 spiro atoms. The Hall–Kier alpha value is -0.860. The quantitative estimate of drug-likeness (QED) is 0.592. The first-order chi connectivity index (χ1) is 6.31. The molecule has 2 aliphatic rings. The van der Waals surface area contributed by atoms with Crippen LogP contribution in [-0.4, -0.2) is 30.2 Å². The second-order valence-corrected chi connectivity index (χ2v) is 4.10. The normalized spacial score (nSPS) is 28.6. The average molecular weight is 181 g/mol. The van der Waals surface area contributed by atoms with Crippen molar-refractivity contribution in [3.8, 4) is 0 Å². The summed E-state index contributed by atoms with van der Waals surface area (Å²) in [6, 6.07) is 0. The van der Waals surface area contributed by atoms with E-state index in [1.807, 2.05) is 4.90 Å². The van der Waals surface area contributed by atoms with Crippen molar-refractivity contribution in [1.82, 2.24) is 4.90 Å². The molecule has 1 saturated heterocycles. The highest BCUT2D eigenvalue weighted by molar-refractivity contribution is 5.80. The summed E-state index contributed by atoms with van der Waals surface area (Å²) in [5.41, 5.74) is 0. The number of nitrogens with zero attached hydrogens (tertiary/aromatic N) is 1. The van der Waals surface area contributed by atoms with E-state index in [0.29, 0.717) is 6.54 Å². The predicted octanol–water partition coefficient (Wildman–Crippen LogP) is 0.834. The maximum atomic E-state index is 11.7. The predicted molar refractivity (Wildman–Crippen MR) is 48.1 cm³/mol. The fourth-order valence-corrected chi connectivity index (χ4v) is 2.01. The molecule has 0 bridgehead atoms. The number of carbonyl (C=O) groups excluding carboxylic acids is 2. The highest BCUT2D eigenvalue weighted by Crippen LogP contribution is 2.29. The van der Waals surface area contributed by atoms with E-state index in [4.69, 9.17) is 0 Å². The zero-order valence-corrected chi connectivity index (χ0v) is 7.74. The Morgan fingerprint density at radius 2 is 2.08 bits per heavy atom. The van der Waals surface area contributed by atoms with E-state index in [2.05, 4.69) is 0 Å². The van der Waals surface area contributed by atoms with Crippen LogP contribution in [0.4, 0.5) is 0 Å². The SMILES string of the molecule is O=CC1CCN(C(=O)C2CCC2)C1. The van der Waals surface area contributed by atoms with Crippen LogP contribution < -0.4 is 0 Å². The van der Waals surface area contributed by atoms with Crippen LogP contribution in [0.25, 0.3) is 0 Å². The molecule has 1 heterocycles. The molecule has 1 unspecified atom stereocenters. The molecule has 1 atom stereocenters. The van der Waals surface area contributed by atoms with Crippen molar-refractivity contribution < 1.29 is 9.59 Å². The standard InChI is InChI=1S/C10H15NO2/c12-7-8-4-5-11(6-8)10(13)9-2-1-3-9/h7-9H,1-6H2. The molecule has 2 fully saturated rings. The summed E-state index contributed by atoms with van der Waals surface area (Å²) in [6.07, 6.45) is 5.15.